The largest absolute Gasteiger partial charge is 0.456 e. The van der Waals surface area contributed by atoms with Crippen LogP contribution in [0, 0.1) is 12.8 Å². The molecule has 0 aromatic carbocycles. The van der Waals surface area contributed by atoms with Gasteiger partial charge in [-0.05, 0) is 43.9 Å². The van der Waals surface area contributed by atoms with Gasteiger partial charge in [0.25, 0.3) is 5.91 Å². The summed E-state index contributed by atoms with van der Waals surface area (Å²) in [5, 5.41) is 0. The van der Waals surface area contributed by atoms with E-state index in [4.69, 9.17) is 4.42 Å². The van der Waals surface area contributed by atoms with Crippen LogP contribution in [-0.4, -0.2) is 35.4 Å². The minimum Gasteiger partial charge on any atom is -0.456 e. The molecule has 1 saturated carbocycles. The number of fused-ring (bicyclic) bond motifs is 1. The average molecular weight is 311 g/mol. The first kappa shape index (κ1) is 14.3. The smallest absolute Gasteiger partial charge is 0.289 e. The molecule has 2 aromatic rings. The normalized spacial score (nSPS) is 17.8. The number of aromatic nitrogens is 1. The molecule has 0 atom stereocenters. The molecule has 0 bridgehead atoms. The van der Waals surface area contributed by atoms with Crippen molar-refractivity contribution in [3.8, 4) is 0 Å². The lowest BCUT2D eigenvalue weighted by atomic mass is 10.2. The highest BCUT2D eigenvalue weighted by Gasteiger charge is 2.30. The Kier molecular flexibility index (Phi) is 3.56. The van der Waals surface area contributed by atoms with Crippen LogP contribution in [0.3, 0.4) is 0 Å². The van der Waals surface area contributed by atoms with Gasteiger partial charge in [0, 0.05) is 37.9 Å². The van der Waals surface area contributed by atoms with Gasteiger partial charge >= 0.3 is 0 Å². The summed E-state index contributed by atoms with van der Waals surface area (Å²) in [4.78, 5) is 21.5. The molecule has 5 nitrogen and oxygen atoms in total. The van der Waals surface area contributed by atoms with Crippen LogP contribution in [0.2, 0.25) is 0 Å². The fraction of sp³-hybridized carbons (Fsp3) is 0.444. The molecule has 0 unspecified atom stereocenters. The van der Waals surface area contributed by atoms with E-state index in [-0.39, 0.29) is 5.91 Å². The van der Waals surface area contributed by atoms with E-state index in [0.717, 1.165) is 36.1 Å². The molecule has 1 fully saturated rings. The van der Waals surface area contributed by atoms with Gasteiger partial charge in [-0.1, -0.05) is 6.07 Å². The number of nitrogens with zero attached hydrogens (tertiary/aromatic N) is 3. The number of hydrogen-bond donors (Lipinski definition) is 0. The van der Waals surface area contributed by atoms with E-state index in [0.29, 0.717) is 18.8 Å². The molecule has 1 amide bonds. The Hall–Kier alpha value is -2.30. The number of anilines is 1. The lowest BCUT2D eigenvalue weighted by Gasteiger charge is -2.23. The molecule has 3 heterocycles. The Labute approximate surface area is 135 Å². The second-order valence-electron chi connectivity index (χ2n) is 6.51. The van der Waals surface area contributed by atoms with Gasteiger partial charge in [-0.15, -0.1) is 0 Å². The summed E-state index contributed by atoms with van der Waals surface area (Å²) >= 11 is 0. The molecular weight excluding hydrogens is 290 g/mol. The first-order valence-corrected chi connectivity index (χ1v) is 8.25. The summed E-state index contributed by atoms with van der Waals surface area (Å²) < 4.78 is 5.51. The lowest BCUT2D eigenvalue weighted by molar-refractivity contribution is 0.0718. The highest BCUT2D eigenvalue weighted by molar-refractivity contribution is 5.91. The number of amides is 1. The van der Waals surface area contributed by atoms with Crippen molar-refractivity contribution in [2.24, 2.45) is 5.92 Å². The standard InChI is InChI=1S/C18H21N3O2/c1-13-4-7-16(23-13)18(22)21-10-9-20(11-14-5-6-14)17-15(12-21)3-2-8-19-17/h2-4,7-8,14H,5-6,9-12H2,1H3. The molecule has 1 aliphatic heterocycles. The van der Waals surface area contributed by atoms with Crippen molar-refractivity contribution >= 4 is 11.7 Å². The van der Waals surface area contributed by atoms with Crippen molar-refractivity contribution in [3.05, 3.63) is 47.5 Å². The van der Waals surface area contributed by atoms with Gasteiger partial charge < -0.3 is 14.2 Å². The molecule has 0 spiro atoms. The Morgan fingerprint density at radius 3 is 2.91 bits per heavy atom. The molecular formula is C18H21N3O2. The number of rotatable bonds is 3. The molecule has 0 radical (unpaired) electrons. The van der Waals surface area contributed by atoms with E-state index in [9.17, 15) is 4.79 Å². The minimum absolute atomic E-state index is 0.0406. The minimum atomic E-state index is -0.0406. The fourth-order valence-electron chi connectivity index (χ4n) is 3.14. The summed E-state index contributed by atoms with van der Waals surface area (Å²) in [5.41, 5.74) is 1.11. The third-order valence-corrected chi connectivity index (χ3v) is 4.58. The molecule has 5 heteroatoms. The number of carbonyl (C=O) groups is 1. The molecule has 120 valence electrons. The maximum absolute atomic E-state index is 12.7. The third kappa shape index (κ3) is 2.96. The molecule has 1 aliphatic carbocycles. The molecule has 0 saturated heterocycles. The summed E-state index contributed by atoms with van der Waals surface area (Å²) in [6.07, 6.45) is 4.46. The second kappa shape index (κ2) is 5.72. The fourth-order valence-corrected chi connectivity index (χ4v) is 3.14. The third-order valence-electron chi connectivity index (χ3n) is 4.58. The van der Waals surface area contributed by atoms with E-state index in [1.165, 1.54) is 12.8 Å². The topological polar surface area (TPSA) is 49.6 Å². The van der Waals surface area contributed by atoms with E-state index in [1.807, 2.05) is 30.2 Å². The van der Waals surface area contributed by atoms with Gasteiger partial charge in [-0.2, -0.15) is 0 Å². The number of pyridine rings is 1. The summed E-state index contributed by atoms with van der Waals surface area (Å²) in [6, 6.07) is 7.61. The molecule has 2 aliphatic rings. The molecule has 2 aromatic heterocycles. The molecule has 23 heavy (non-hydrogen) atoms. The quantitative estimate of drug-likeness (QED) is 0.874. The SMILES string of the molecule is Cc1ccc(C(=O)N2CCN(CC3CC3)c3ncccc3C2)o1. The number of carbonyl (C=O) groups excluding carboxylic acids is 1. The Balaban J connectivity index is 1.59. The van der Waals surface area contributed by atoms with Crippen LogP contribution < -0.4 is 4.90 Å². The zero-order valence-electron chi connectivity index (χ0n) is 13.4. The Bertz CT molecular complexity index is 721. The first-order valence-electron chi connectivity index (χ1n) is 8.25. The van der Waals surface area contributed by atoms with E-state index in [1.54, 1.807) is 6.07 Å². The van der Waals surface area contributed by atoms with Crippen molar-refractivity contribution in [2.45, 2.75) is 26.3 Å². The van der Waals surface area contributed by atoms with Crippen molar-refractivity contribution in [3.63, 3.8) is 0 Å². The first-order chi connectivity index (χ1) is 11.2. The maximum Gasteiger partial charge on any atom is 0.289 e. The van der Waals surface area contributed by atoms with Crippen molar-refractivity contribution in [1.82, 2.24) is 9.88 Å². The maximum atomic E-state index is 12.7. The predicted octanol–water partition coefficient (Wildman–Crippen LogP) is 2.86. The van der Waals surface area contributed by atoms with Crippen LogP contribution in [0.4, 0.5) is 5.82 Å². The Morgan fingerprint density at radius 1 is 1.30 bits per heavy atom. The van der Waals surface area contributed by atoms with E-state index in [2.05, 4.69) is 16.0 Å². The zero-order chi connectivity index (χ0) is 15.8. The van der Waals surface area contributed by atoms with Gasteiger partial charge in [0.15, 0.2) is 5.76 Å². The number of aryl methyl sites for hydroxylation is 1. The van der Waals surface area contributed by atoms with Gasteiger partial charge in [-0.3, -0.25) is 4.79 Å². The number of hydrogen-bond acceptors (Lipinski definition) is 4. The summed E-state index contributed by atoms with van der Waals surface area (Å²) in [7, 11) is 0. The van der Waals surface area contributed by atoms with Crippen LogP contribution in [-0.2, 0) is 6.54 Å². The van der Waals surface area contributed by atoms with Crippen LogP contribution >= 0.6 is 0 Å². The van der Waals surface area contributed by atoms with Crippen molar-refractivity contribution in [2.75, 3.05) is 24.5 Å². The van der Waals surface area contributed by atoms with Gasteiger partial charge in [0.2, 0.25) is 0 Å². The van der Waals surface area contributed by atoms with E-state index >= 15 is 0 Å². The van der Waals surface area contributed by atoms with Crippen LogP contribution in [0.15, 0.2) is 34.9 Å². The van der Waals surface area contributed by atoms with E-state index < -0.39 is 0 Å². The number of furan rings is 1. The van der Waals surface area contributed by atoms with Gasteiger partial charge in [0.05, 0.1) is 0 Å². The summed E-state index contributed by atoms with van der Waals surface area (Å²) in [6.45, 7) is 5.01. The van der Waals surface area contributed by atoms with Crippen LogP contribution in [0.5, 0.6) is 0 Å². The summed E-state index contributed by atoms with van der Waals surface area (Å²) in [5.74, 6) is 2.97. The lowest BCUT2D eigenvalue weighted by Crippen LogP contribution is -2.36. The van der Waals surface area contributed by atoms with Crippen molar-refractivity contribution in [1.29, 1.82) is 0 Å². The van der Waals surface area contributed by atoms with Gasteiger partial charge in [-0.25, -0.2) is 4.98 Å². The van der Waals surface area contributed by atoms with Crippen LogP contribution in [0.1, 0.15) is 34.7 Å². The zero-order valence-corrected chi connectivity index (χ0v) is 13.4. The highest BCUT2D eigenvalue weighted by atomic mass is 16.3. The monoisotopic (exact) mass is 311 g/mol. The molecule has 0 N–H and O–H groups in total. The highest BCUT2D eigenvalue weighted by Crippen LogP contribution is 2.33. The molecule has 4 rings (SSSR count). The average Bonchev–Trinajstić information content (AvgIpc) is 3.31. The Morgan fingerprint density at radius 2 is 2.17 bits per heavy atom. The van der Waals surface area contributed by atoms with Gasteiger partial charge in [0.1, 0.15) is 11.6 Å². The second-order valence-corrected chi connectivity index (χ2v) is 6.51. The predicted molar refractivity (Wildman–Crippen MR) is 87.4 cm³/mol. The van der Waals surface area contributed by atoms with Crippen LogP contribution in [0.25, 0.3) is 0 Å². The van der Waals surface area contributed by atoms with Crippen molar-refractivity contribution < 1.29 is 9.21 Å².